The minimum Gasteiger partial charge on any atom is -0.151 e. The Morgan fingerprint density at radius 3 is 1.00 bits per heavy atom. The lowest BCUT2D eigenvalue weighted by Crippen LogP contribution is -2.48. The Hall–Kier alpha value is 0.0299. The molecule has 2 rings (SSSR count). The molecule has 0 saturated carbocycles. The van der Waals surface area contributed by atoms with Gasteiger partial charge in [0.05, 0.1) is 0 Å². The molecule has 2 aromatic carbocycles. The first-order valence-corrected chi connectivity index (χ1v) is 10.1. The normalized spacial score (nSPS) is 10.7. The van der Waals surface area contributed by atoms with E-state index in [2.05, 4.69) is 111 Å². The average molecular weight is 514 g/mol. The number of hydrogen-bond acceptors (Lipinski definition) is 0. The lowest BCUT2D eigenvalue weighted by molar-refractivity contribution is 1.35. The van der Waals surface area contributed by atoms with Crippen molar-refractivity contribution in [3.05, 3.63) is 57.6 Å². The standard InChI is InChI=1S/C18H22B2I2/c1-11-7-13(3)17(14(4)8-11)19(21)20(22)18-15(5)9-12(2)10-16(18)6/h7-10H,1-6H3. The highest BCUT2D eigenvalue weighted by atomic mass is 127. The first-order chi connectivity index (χ1) is 10.2. The number of aryl methyl sites for hydroxylation is 6. The molecule has 2 aromatic rings. The summed E-state index contributed by atoms with van der Waals surface area (Å²) in [6.45, 7) is 13.4. The third-order valence-electron chi connectivity index (χ3n) is 4.28. The second kappa shape index (κ2) is 7.29. The molecule has 0 saturated heterocycles. The van der Waals surface area contributed by atoms with E-state index in [0.29, 0.717) is 8.92 Å². The Balaban J connectivity index is 2.49. The minimum absolute atomic E-state index is 0.485. The van der Waals surface area contributed by atoms with Crippen LogP contribution in [0.15, 0.2) is 24.3 Å². The fourth-order valence-corrected chi connectivity index (χ4v) is 6.23. The summed E-state index contributed by atoms with van der Waals surface area (Å²) in [5, 5.41) is 0. The first kappa shape index (κ1) is 18.4. The van der Waals surface area contributed by atoms with E-state index < -0.39 is 0 Å². The van der Waals surface area contributed by atoms with Crippen molar-refractivity contribution in [2.24, 2.45) is 0 Å². The molecule has 0 aliphatic heterocycles. The quantitative estimate of drug-likeness (QED) is 0.416. The molecule has 0 amide bonds. The van der Waals surface area contributed by atoms with E-state index in [0.717, 1.165) is 0 Å². The molecule has 0 heterocycles. The molecule has 0 unspecified atom stereocenters. The SMILES string of the molecule is Cc1cc(C)c(B(I)B(I)c2c(C)cc(C)cc2C)c(C)c1. The van der Waals surface area contributed by atoms with Crippen LogP contribution in [-0.2, 0) is 0 Å². The highest BCUT2D eigenvalue weighted by Gasteiger charge is 2.32. The van der Waals surface area contributed by atoms with E-state index >= 15 is 0 Å². The molecule has 0 fully saturated rings. The molecule has 0 aliphatic rings. The monoisotopic (exact) mass is 514 g/mol. The van der Waals surface area contributed by atoms with E-state index in [1.54, 1.807) is 0 Å². The number of rotatable bonds is 3. The van der Waals surface area contributed by atoms with Gasteiger partial charge in [0.2, 0.25) is 8.92 Å². The highest BCUT2D eigenvalue weighted by Crippen LogP contribution is 2.18. The summed E-state index contributed by atoms with van der Waals surface area (Å²) >= 11 is 5.27. The molecule has 0 N–H and O–H groups in total. The van der Waals surface area contributed by atoms with Gasteiger partial charge in [-0.1, -0.05) is 68.6 Å². The van der Waals surface area contributed by atoms with Gasteiger partial charge in [0, 0.05) is 0 Å². The molecule has 4 heteroatoms. The molecule has 0 nitrogen and oxygen atoms in total. The Morgan fingerprint density at radius 1 is 0.545 bits per heavy atom. The van der Waals surface area contributed by atoms with Gasteiger partial charge >= 0.3 is 0 Å². The number of halogens is 2. The summed E-state index contributed by atoms with van der Waals surface area (Å²) in [6, 6.07) is 9.25. The van der Waals surface area contributed by atoms with Crippen molar-refractivity contribution in [3.8, 4) is 0 Å². The van der Waals surface area contributed by atoms with Gasteiger partial charge in [-0.25, -0.2) is 0 Å². The fraction of sp³-hybridized carbons (Fsp3) is 0.333. The minimum atomic E-state index is 0.485. The van der Waals surface area contributed by atoms with Crippen molar-refractivity contribution in [1.82, 2.24) is 0 Å². The van der Waals surface area contributed by atoms with Crippen molar-refractivity contribution in [3.63, 3.8) is 0 Å². The molecule has 0 atom stereocenters. The van der Waals surface area contributed by atoms with Gasteiger partial charge in [0.1, 0.15) is 0 Å². The van der Waals surface area contributed by atoms with Crippen LogP contribution in [0.3, 0.4) is 0 Å². The van der Waals surface area contributed by atoms with Crippen molar-refractivity contribution in [1.29, 1.82) is 0 Å². The Morgan fingerprint density at radius 2 is 0.773 bits per heavy atom. The lowest BCUT2D eigenvalue weighted by atomic mass is 9.31. The second-order valence-corrected chi connectivity index (χ2v) is 9.11. The van der Waals surface area contributed by atoms with Gasteiger partial charge in [-0.2, -0.15) is 44.7 Å². The van der Waals surface area contributed by atoms with Crippen LogP contribution in [0, 0.1) is 41.5 Å². The molecule has 0 bridgehead atoms. The number of hydrogen-bond donors (Lipinski definition) is 0. The van der Waals surface area contributed by atoms with Crippen LogP contribution in [0.5, 0.6) is 0 Å². The maximum atomic E-state index is 2.63. The zero-order valence-corrected chi connectivity index (χ0v) is 18.5. The largest absolute Gasteiger partial charge is 0.238 e. The highest BCUT2D eigenvalue weighted by molar-refractivity contribution is 14.2. The van der Waals surface area contributed by atoms with Crippen LogP contribution in [0.2, 0.25) is 0 Å². The molecule has 0 aliphatic carbocycles. The summed E-state index contributed by atoms with van der Waals surface area (Å²) < 4.78 is 0.970. The van der Waals surface area contributed by atoms with Crippen molar-refractivity contribution in [2.45, 2.75) is 41.5 Å². The van der Waals surface area contributed by atoms with Crippen molar-refractivity contribution < 1.29 is 0 Å². The van der Waals surface area contributed by atoms with Gasteiger partial charge in [0.15, 0.2) is 0 Å². The predicted molar refractivity (Wildman–Crippen MR) is 120 cm³/mol. The average Bonchev–Trinajstić information content (AvgIpc) is 2.35. The topological polar surface area (TPSA) is 0 Å². The van der Waals surface area contributed by atoms with E-state index in [1.807, 2.05) is 0 Å². The van der Waals surface area contributed by atoms with Gasteiger partial charge in [0.25, 0.3) is 0 Å². The molecule has 22 heavy (non-hydrogen) atoms. The number of benzene rings is 2. The lowest BCUT2D eigenvalue weighted by Gasteiger charge is -2.21. The van der Waals surface area contributed by atoms with E-state index in [4.69, 9.17) is 0 Å². The first-order valence-electron chi connectivity index (χ1n) is 7.66. The van der Waals surface area contributed by atoms with Gasteiger partial charge in [-0.15, -0.1) is 0 Å². The second-order valence-electron chi connectivity index (χ2n) is 6.43. The maximum Gasteiger partial charge on any atom is 0.238 e. The van der Waals surface area contributed by atoms with Crippen molar-refractivity contribution >= 4 is 64.6 Å². The maximum absolute atomic E-state index is 2.63. The van der Waals surface area contributed by atoms with E-state index in [-0.39, 0.29) is 0 Å². The third-order valence-corrected chi connectivity index (χ3v) is 8.34. The summed E-state index contributed by atoms with van der Waals surface area (Å²) in [7, 11) is 0. The summed E-state index contributed by atoms with van der Waals surface area (Å²) in [6.07, 6.45) is 0. The van der Waals surface area contributed by atoms with E-state index in [1.165, 1.54) is 44.3 Å². The van der Waals surface area contributed by atoms with Crippen LogP contribution in [-0.4, -0.2) is 8.92 Å². The van der Waals surface area contributed by atoms with Crippen LogP contribution in [0.1, 0.15) is 33.4 Å². The van der Waals surface area contributed by atoms with Gasteiger partial charge < -0.3 is 0 Å². The van der Waals surface area contributed by atoms with E-state index in [9.17, 15) is 0 Å². The molecule has 0 spiro atoms. The van der Waals surface area contributed by atoms with Crippen molar-refractivity contribution in [2.75, 3.05) is 0 Å². The Bertz CT molecular complexity index is 603. The molecule has 0 radical (unpaired) electrons. The van der Waals surface area contributed by atoms with Crippen LogP contribution in [0.4, 0.5) is 0 Å². The smallest absolute Gasteiger partial charge is 0.151 e. The summed E-state index contributed by atoms with van der Waals surface area (Å²) in [5.74, 6) is 0. The van der Waals surface area contributed by atoms with Gasteiger partial charge in [-0.05, 0) is 41.5 Å². The van der Waals surface area contributed by atoms with Crippen LogP contribution in [0.25, 0.3) is 0 Å². The molecule has 0 aromatic heterocycles. The third kappa shape index (κ3) is 3.74. The van der Waals surface area contributed by atoms with Gasteiger partial charge in [-0.3, -0.25) is 0 Å². The Kier molecular flexibility index (Phi) is 6.08. The van der Waals surface area contributed by atoms with Crippen LogP contribution >= 0.6 is 44.7 Å². The summed E-state index contributed by atoms with van der Waals surface area (Å²) in [4.78, 5) is 0. The predicted octanol–water partition coefficient (Wildman–Crippen LogP) is 4.58. The zero-order valence-electron chi connectivity index (χ0n) is 14.2. The molecule has 114 valence electrons. The summed E-state index contributed by atoms with van der Waals surface area (Å²) in [5.41, 5.74) is 11.4. The zero-order chi connectivity index (χ0) is 16.6. The molecular weight excluding hydrogens is 492 g/mol. The fourth-order valence-electron chi connectivity index (χ4n) is 3.55. The van der Waals surface area contributed by atoms with Crippen LogP contribution < -0.4 is 10.9 Å². The molecular formula is C18H22B2I2. The Labute approximate surface area is 162 Å².